The standard InChI is InChI=1S/C15H12ClF3N2O4S/c16-13-2-1-7-20-14(13)24-11-8-21(9-11)26(22,23)12-5-3-10(4-6-12)25-15(17,18)19/h1-7,11H,8-9H2. The van der Waals surface area contributed by atoms with Crippen LogP contribution in [0.2, 0.25) is 5.02 Å². The molecule has 0 aliphatic carbocycles. The van der Waals surface area contributed by atoms with Gasteiger partial charge >= 0.3 is 6.36 Å². The van der Waals surface area contributed by atoms with Crippen LogP contribution < -0.4 is 9.47 Å². The van der Waals surface area contributed by atoms with E-state index in [1.807, 2.05) is 0 Å². The number of pyridine rings is 1. The minimum absolute atomic E-state index is 0.0794. The number of alkyl halides is 3. The van der Waals surface area contributed by atoms with Crippen molar-refractivity contribution in [3.05, 3.63) is 47.6 Å². The molecule has 1 saturated heterocycles. The molecular formula is C15H12ClF3N2O4S. The summed E-state index contributed by atoms with van der Waals surface area (Å²) in [7, 11) is -3.83. The maximum absolute atomic E-state index is 12.4. The summed E-state index contributed by atoms with van der Waals surface area (Å²) >= 11 is 5.92. The maximum Gasteiger partial charge on any atom is 0.573 e. The van der Waals surface area contributed by atoms with Crippen molar-refractivity contribution in [2.24, 2.45) is 0 Å². The molecule has 0 N–H and O–H groups in total. The number of halogens is 4. The molecule has 3 rings (SSSR count). The van der Waals surface area contributed by atoms with Crippen LogP contribution in [0.15, 0.2) is 47.5 Å². The van der Waals surface area contributed by atoms with E-state index in [2.05, 4.69) is 9.72 Å². The van der Waals surface area contributed by atoms with Crippen molar-refractivity contribution in [2.45, 2.75) is 17.4 Å². The van der Waals surface area contributed by atoms with Crippen LogP contribution in [-0.2, 0) is 10.0 Å². The molecule has 1 aliphatic rings. The lowest BCUT2D eigenvalue weighted by molar-refractivity contribution is -0.274. The molecule has 1 aromatic carbocycles. The molecule has 11 heteroatoms. The smallest absolute Gasteiger partial charge is 0.470 e. The minimum atomic E-state index is -4.84. The predicted octanol–water partition coefficient (Wildman–Crippen LogP) is 3.09. The van der Waals surface area contributed by atoms with Gasteiger partial charge in [-0.25, -0.2) is 13.4 Å². The van der Waals surface area contributed by atoms with Gasteiger partial charge in [-0.2, -0.15) is 4.31 Å². The molecule has 1 aliphatic heterocycles. The zero-order valence-corrected chi connectivity index (χ0v) is 14.6. The van der Waals surface area contributed by atoms with Gasteiger partial charge in [0, 0.05) is 6.20 Å². The molecule has 140 valence electrons. The molecule has 0 radical (unpaired) electrons. The van der Waals surface area contributed by atoms with E-state index in [0.29, 0.717) is 5.02 Å². The van der Waals surface area contributed by atoms with Crippen LogP contribution in [0, 0.1) is 0 Å². The van der Waals surface area contributed by atoms with Gasteiger partial charge in [-0.1, -0.05) is 11.6 Å². The molecule has 2 heterocycles. The zero-order chi connectivity index (χ0) is 18.9. The van der Waals surface area contributed by atoms with Gasteiger partial charge < -0.3 is 9.47 Å². The summed E-state index contributed by atoms with van der Waals surface area (Å²) in [6, 6.07) is 7.24. The van der Waals surface area contributed by atoms with E-state index in [1.54, 1.807) is 12.1 Å². The molecule has 2 aromatic rings. The Morgan fingerprint density at radius 1 is 1.15 bits per heavy atom. The van der Waals surface area contributed by atoms with Crippen molar-refractivity contribution in [3.8, 4) is 11.6 Å². The van der Waals surface area contributed by atoms with Crippen molar-refractivity contribution in [3.63, 3.8) is 0 Å². The van der Waals surface area contributed by atoms with E-state index in [9.17, 15) is 21.6 Å². The summed E-state index contributed by atoms with van der Waals surface area (Å²) in [5.41, 5.74) is 0. The van der Waals surface area contributed by atoms with Crippen molar-refractivity contribution in [1.29, 1.82) is 0 Å². The molecule has 0 unspecified atom stereocenters. The van der Waals surface area contributed by atoms with Gasteiger partial charge in [-0.05, 0) is 36.4 Å². The van der Waals surface area contributed by atoms with E-state index in [0.717, 1.165) is 28.6 Å². The lowest BCUT2D eigenvalue weighted by Crippen LogP contribution is -2.56. The van der Waals surface area contributed by atoms with Crippen molar-refractivity contribution in [1.82, 2.24) is 9.29 Å². The highest BCUT2D eigenvalue weighted by molar-refractivity contribution is 7.89. The van der Waals surface area contributed by atoms with Crippen LogP contribution in [-0.4, -0.2) is 43.3 Å². The summed E-state index contributed by atoms with van der Waals surface area (Å²) in [6.07, 6.45) is -3.75. The Kier molecular flexibility index (Phi) is 5.00. The first-order valence-corrected chi connectivity index (χ1v) is 9.10. The number of sulfonamides is 1. The Morgan fingerprint density at radius 3 is 2.38 bits per heavy atom. The number of benzene rings is 1. The summed E-state index contributed by atoms with van der Waals surface area (Å²) in [4.78, 5) is 3.82. The minimum Gasteiger partial charge on any atom is -0.470 e. The molecule has 0 amide bonds. The highest BCUT2D eigenvalue weighted by Crippen LogP contribution is 2.29. The fraction of sp³-hybridized carbons (Fsp3) is 0.267. The number of nitrogens with zero attached hydrogens (tertiary/aromatic N) is 2. The van der Waals surface area contributed by atoms with E-state index >= 15 is 0 Å². The summed E-state index contributed by atoms with van der Waals surface area (Å²) < 4.78 is 71.7. The third-order valence-corrected chi connectivity index (χ3v) is 5.65. The summed E-state index contributed by atoms with van der Waals surface area (Å²) in [5.74, 6) is -0.282. The van der Waals surface area contributed by atoms with Crippen LogP contribution >= 0.6 is 11.6 Å². The third kappa shape index (κ3) is 4.19. The Bertz CT molecular complexity index is 885. The van der Waals surface area contributed by atoms with Gasteiger partial charge in [0.1, 0.15) is 16.9 Å². The second kappa shape index (κ2) is 6.93. The van der Waals surface area contributed by atoms with Crippen LogP contribution in [0.25, 0.3) is 0 Å². The molecule has 6 nitrogen and oxygen atoms in total. The van der Waals surface area contributed by atoms with E-state index in [1.165, 1.54) is 6.20 Å². The SMILES string of the molecule is O=S(=O)(c1ccc(OC(F)(F)F)cc1)N1CC(Oc2ncccc2Cl)C1. The number of hydrogen-bond donors (Lipinski definition) is 0. The molecule has 0 bridgehead atoms. The quantitative estimate of drug-likeness (QED) is 0.760. The van der Waals surface area contributed by atoms with E-state index in [4.69, 9.17) is 16.3 Å². The van der Waals surface area contributed by atoms with Crippen LogP contribution in [0.1, 0.15) is 0 Å². The third-order valence-electron chi connectivity index (χ3n) is 3.51. The second-order valence-electron chi connectivity index (χ2n) is 5.37. The monoisotopic (exact) mass is 408 g/mol. The molecule has 0 spiro atoms. The van der Waals surface area contributed by atoms with Crippen LogP contribution in [0.4, 0.5) is 13.2 Å². The maximum atomic E-state index is 12.4. The number of aromatic nitrogens is 1. The average molecular weight is 409 g/mol. The van der Waals surface area contributed by atoms with Gasteiger partial charge in [0.15, 0.2) is 0 Å². The first-order chi connectivity index (χ1) is 12.1. The van der Waals surface area contributed by atoms with Crippen molar-refractivity contribution < 1.29 is 31.1 Å². The number of hydrogen-bond acceptors (Lipinski definition) is 5. The Labute approximate surface area is 152 Å². The molecule has 26 heavy (non-hydrogen) atoms. The van der Waals surface area contributed by atoms with Gasteiger partial charge in [-0.15, -0.1) is 13.2 Å². The van der Waals surface area contributed by atoms with Crippen LogP contribution in [0.3, 0.4) is 0 Å². The first-order valence-electron chi connectivity index (χ1n) is 7.28. The molecule has 1 fully saturated rings. The Balaban J connectivity index is 1.62. The predicted molar refractivity (Wildman–Crippen MR) is 85.5 cm³/mol. The highest BCUT2D eigenvalue weighted by atomic mass is 35.5. The fourth-order valence-electron chi connectivity index (χ4n) is 2.25. The van der Waals surface area contributed by atoms with Gasteiger partial charge in [0.25, 0.3) is 0 Å². The molecular weight excluding hydrogens is 397 g/mol. The average Bonchev–Trinajstić information content (AvgIpc) is 2.51. The zero-order valence-electron chi connectivity index (χ0n) is 13.0. The number of rotatable bonds is 5. The van der Waals surface area contributed by atoms with E-state index in [-0.39, 0.29) is 23.9 Å². The number of ether oxygens (including phenoxy) is 2. The largest absolute Gasteiger partial charge is 0.573 e. The Hall–Kier alpha value is -2.04. The van der Waals surface area contributed by atoms with Gasteiger partial charge in [-0.3, -0.25) is 0 Å². The first kappa shape index (κ1) is 18.7. The normalized spacial score (nSPS) is 16.2. The van der Waals surface area contributed by atoms with E-state index < -0.39 is 28.2 Å². The van der Waals surface area contributed by atoms with Gasteiger partial charge in [0.05, 0.1) is 18.0 Å². The molecule has 0 atom stereocenters. The highest BCUT2D eigenvalue weighted by Gasteiger charge is 2.39. The topological polar surface area (TPSA) is 68.7 Å². The van der Waals surface area contributed by atoms with Crippen molar-refractivity contribution in [2.75, 3.05) is 13.1 Å². The Morgan fingerprint density at radius 2 is 1.81 bits per heavy atom. The molecule has 0 saturated carbocycles. The lowest BCUT2D eigenvalue weighted by Gasteiger charge is -2.37. The second-order valence-corrected chi connectivity index (χ2v) is 7.72. The lowest BCUT2D eigenvalue weighted by atomic mass is 10.2. The molecule has 1 aromatic heterocycles. The van der Waals surface area contributed by atoms with Crippen molar-refractivity contribution >= 4 is 21.6 Å². The fourth-order valence-corrected chi connectivity index (χ4v) is 3.92. The van der Waals surface area contributed by atoms with Gasteiger partial charge in [0.2, 0.25) is 15.9 Å². The summed E-state index contributed by atoms with van der Waals surface area (Å²) in [5, 5.41) is 0.314. The summed E-state index contributed by atoms with van der Waals surface area (Å²) in [6.45, 7) is 0.159. The van der Waals surface area contributed by atoms with Crippen LogP contribution in [0.5, 0.6) is 11.6 Å².